The number of carbonyl (C=O) groups excluding carboxylic acids is 2. The number of nitrogens with zero attached hydrogens (tertiary/aromatic N) is 1. The Morgan fingerprint density at radius 2 is 1.75 bits per heavy atom. The van der Waals surface area contributed by atoms with Gasteiger partial charge in [-0.2, -0.15) is 0 Å². The number of hydrogen-bond acceptors (Lipinski definition) is 6. The van der Waals surface area contributed by atoms with Crippen LogP contribution in [0.5, 0.6) is 0 Å². The van der Waals surface area contributed by atoms with E-state index >= 15 is 0 Å². The highest BCUT2D eigenvalue weighted by atomic mass is 32.2. The van der Waals surface area contributed by atoms with Crippen molar-refractivity contribution in [3.63, 3.8) is 0 Å². The molecular formula is C22H27N3O6S. The number of fused-ring (bicyclic) bond motifs is 1. The third-order valence-electron chi connectivity index (χ3n) is 5.19. The van der Waals surface area contributed by atoms with E-state index in [0.29, 0.717) is 24.3 Å². The lowest BCUT2D eigenvalue weighted by molar-refractivity contribution is -0.139. The van der Waals surface area contributed by atoms with E-state index in [9.17, 15) is 18.0 Å². The van der Waals surface area contributed by atoms with Gasteiger partial charge in [-0.15, -0.1) is 0 Å². The molecule has 0 bridgehead atoms. The van der Waals surface area contributed by atoms with Crippen molar-refractivity contribution >= 4 is 33.2 Å². The Kier molecular flexibility index (Phi) is 7.49. The summed E-state index contributed by atoms with van der Waals surface area (Å²) in [5.41, 5.74) is 2.64. The molecule has 2 amide bonds. The van der Waals surface area contributed by atoms with Gasteiger partial charge in [-0.1, -0.05) is 23.8 Å². The largest absolute Gasteiger partial charge is 0.354 e. The van der Waals surface area contributed by atoms with Crippen LogP contribution in [0.1, 0.15) is 17.5 Å². The average Bonchev–Trinajstić information content (AvgIpc) is 2.79. The second-order valence-corrected chi connectivity index (χ2v) is 9.26. The van der Waals surface area contributed by atoms with Gasteiger partial charge in [0.15, 0.2) is 6.29 Å². The minimum absolute atomic E-state index is 0.00596. The molecule has 0 aromatic heterocycles. The van der Waals surface area contributed by atoms with Crippen molar-refractivity contribution in [2.24, 2.45) is 0 Å². The first kappa shape index (κ1) is 23.7. The monoisotopic (exact) mass is 461 g/mol. The Morgan fingerprint density at radius 1 is 1.06 bits per heavy atom. The van der Waals surface area contributed by atoms with Crippen LogP contribution in [0, 0.1) is 6.92 Å². The summed E-state index contributed by atoms with van der Waals surface area (Å²) in [5, 5.41) is 4.94. The third-order valence-corrected chi connectivity index (χ3v) is 7.02. The van der Waals surface area contributed by atoms with Gasteiger partial charge >= 0.3 is 11.8 Å². The number of sulfonamides is 1. The molecule has 2 aromatic carbocycles. The summed E-state index contributed by atoms with van der Waals surface area (Å²) in [6.07, 6.45) is 0.738. The molecule has 172 valence electrons. The molecule has 3 rings (SSSR count). The van der Waals surface area contributed by atoms with Crippen molar-refractivity contribution in [2.75, 3.05) is 36.9 Å². The van der Waals surface area contributed by atoms with E-state index in [0.717, 1.165) is 17.5 Å². The Bertz CT molecular complexity index is 1080. The maximum Gasteiger partial charge on any atom is 0.313 e. The zero-order chi connectivity index (χ0) is 23.3. The number of aryl methyl sites for hydroxylation is 2. The second kappa shape index (κ2) is 10.1. The summed E-state index contributed by atoms with van der Waals surface area (Å²) in [7, 11) is -0.923. The molecule has 2 aromatic rings. The van der Waals surface area contributed by atoms with Gasteiger partial charge < -0.3 is 20.1 Å². The van der Waals surface area contributed by atoms with E-state index in [1.54, 1.807) is 42.5 Å². The highest BCUT2D eigenvalue weighted by molar-refractivity contribution is 7.92. The van der Waals surface area contributed by atoms with Crippen LogP contribution in [0.3, 0.4) is 0 Å². The van der Waals surface area contributed by atoms with Crippen LogP contribution in [0.25, 0.3) is 0 Å². The first-order valence-electron chi connectivity index (χ1n) is 10.1. The lowest BCUT2D eigenvalue weighted by atomic mass is 10.0. The van der Waals surface area contributed by atoms with Crippen LogP contribution in [-0.4, -0.2) is 53.8 Å². The van der Waals surface area contributed by atoms with Crippen molar-refractivity contribution in [1.82, 2.24) is 5.32 Å². The van der Waals surface area contributed by atoms with Crippen LogP contribution in [-0.2, 0) is 35.5 Å². The summed E-state index contributed by atoms with van der Waals surface area (Å²) >= 11 is 0. The average molecular weight is 462 g/mol. The summed E-state index contributed by atoms with van der Waals surface area (Å²) < 4.78 is 37.8. The Morgan fingerprint density at radius 3 is 2.41 bits per heavy atom. The standard InChI is InChI=1S/C22H27N3O6S/c1-15-6-10-18(11-7-15)32(28,29)25-12-4-5-16-8-9-17(13-19(16)25)24-22(27)21(26)23-14-20(30-2)31-3/h6-11,13,20H,4-5,12,14H2,1-3H3,(H,23,26)(H,24,27). The fourth-order valence-electron chi connectivity index (χ4n) is 3.41. The highest BCUT2D eigenvalue weighted by Crippen LogP contribution is 2.34. The number of amides is 2. The first-order valence-corrected chi connectivity index (χ1v) is 11.6. The number of rotatable bonds is 7. The smallest absolute Gasteiger partial charge is 0.313 e. The zero-order valence-electron chi connectivity index (χ0n) is 18.3. The maximum absolute atomic E-state index is 13.3. The minimum Gasteiger partial charge on any atom is -0.354 e. The van der Waals surface area contributed by atoms with Gasteiger partial charge in [-0.05, 0) is 49.6 Å². The minimum atomic E-state index is -3.76. The predicted molar refractivity (Wildman–Crippen MR) is 120 cm³/mol. The summed E-state index contributed by atoms with van der Waals surface area (Å²) in [6, 6.07) is 11.7. The number of ether oxygens (including phenoxy) is 2. The van der Waals surface area contributed by atoms with Crippen LogP contribution in [0.15, 0.2) is 47.4 Å². The fraction of sp³-hybridized carbons (Fsp3) is 0.364. The van der Waals surface area contributed by atoms with E-state index in [1.165, 1.54) is 18.5 Å². The number of hydrogen-bond donors (Lipinski definition) is 2. The van der Waals surface area contributed by atoms with Crippen molar-refractivity contribution in [1.29, 1.82) is 0 Å². The van der Waals surface area contributed by atoms with Crippen LogP contribution < -0.4 is 14.9 Å². The molecule has 1 heterocycles. The lowest BCUT2D eigenvalue weighted by Gasteiger charge is -2.31. The van der Waals surface area contributed by atoms with Gasteiger partial charge in [0.2, 0.25) is 0 Å². The van der Waals surface area contributed by atoms with E-state index in [1.807, 2.05) is 6.92 Å². The molecular weight excluding hydrogens is 434 g/mol. The normalized spacial score (nSPS) is 13.6. The molecule has 0 spiro atoms. The van der Waals surface area contributed by atoms with E-state index in [4.69, 9.17) is 9.47 Å². The van der Waals surface area contributed by atoms with Crippen LogP contribution >= 0.6 is 0 Å². The second-order valence-electron chi connectivity index (χ2n) is 7.40. The number of carbonyl (C=O) groups is 2. The van der Waals surface area contributed by atoms with E-state index < -0.39 is 28.1 Å². The molecule has 0 saturated heterocycles. The lowest BCUT2D eigenvalue weighted by Crippen LogP contribution is -2.40. The van der Waals surface area contributed by atoms with Gasteiger partial charge in [-0.25, -0.2) is 8.42 Å². The first-order chi connectivity index (χ1) is 15.3. The predicted octanol–water partition coefficient (Wildman–Crippen LogP) is 1.81. The topological polar surface area (TPSA) is 114 Å². The van der Waals surface area contributed by atoms with E-state index in [-0.39, 0.29) is 11.4 Å². The number of methoxy groups -OCH3 is 2. The van der Waals surface area contributed by atoms with Crippen LogP contribution in [0.4, 0.5) is 11.4 Å². The molecule has 0 radical (unpaired) electrons. The maximum atomic E-state index is 13.3. The summed E-state index contributed by atoms with van der Waals surface area (Å²) in [5.74, 6) is -1.73. The summed E-state index contributed by atoms with van der Waals surface area (Å²) in [4.78, 5) is 24.5. The van der Waals surface area contributed by atoms with Crippen molar-refractivity contribution in [3.05, 3.63) is 53.6 Å². The molecule has 0 atom stereocenters. The molecule has 0 saturated carbocycles. The SMILES string of the molecule is COC(CNC(=O)C(=O)Nc1ccc2c(c1)N(S(=O)(=O)c1ccc(C)cc1)CCC2)OC. The Hall–Kier alpha value is -2.95. The van der Waals surface area contributed by atoms with Gasteiger partial charge in [-0.3, -0.25) is 13.9 Å². The molecule has 0 aliphatic carbocycles. The molecule has 10 heteroatoms. The molecule has 2 N–H and O–H groups in total. The molecule has 1 aliphatic heterocycles. The van der Waals surface area contributed by atoms with Gasteiger partial charge in [0.25, 0.3) is 10.0 Å². The molecule has 0 unspecified atom stereocenters. The summed E-state index contributed by atoms with van der Waals surface area (Å²) in [6.45, 7) is 2.23. The van der Waals surface area contributed by atoms with E-state index in [2.05, 4.69) is 10.6 Å². The van der Waals surface area contributed by atoms with Gasteiger partial charge in [0, 0.05) is 26.5 Å². The molecule has 0 fully saturated rings. The van der Waals surface area contributed by atoms with Gasteiger partial charge in [0.1, 0.15) is 0 Å². The fourth-order valence-corrected chi connectivity index (χ4v) is 4.95. The number of anilines is 2. The van der Waals surface area contributed by atoms with Crippen molar-refractivity contribution < 1.29 is 27.5 Å². The number of nitrogens with one attached hydrogen (secondary N) is 2. The molecule has 9 nitrogen and oxygen atoms in total. The Labute approximate surface area is 187 Å². The van der Waals surface area contributed by atoms with Crippen molar-refractivity contribution in [3.8, 4) is 0 Å². The zero-order valence-corrected chi connectivity index (χ0v) is 19.1. The van der Waals surface area contributed by atoms with Gasteiger partial charge in [0.05, 0.1) is 17.1 Å². The molecule has 1 aliphatic rings. The van der Waals surface area contributed by atoms with Crippen molar-refractivity contribution in [2.45, 2.75) is 31.0 Å². The molecule has 32 heavy (non-hydrogen) atoms. The van der Waals surface area contributed by atoms with Crippen LogP contribution in [0.2, 0.25) is 0 Å². The quantitative estimate of drug-likeness (QED) is 0.480. The third kappa shape index (κ3) is 5.26. The number of benzene rings is 2. The highest BCUT2D eigenvalue weighted by Gasteiger charge is 2.29. The Balaban J connectivity index is 1.79.